The van der Waals surface area contributed by atoms with E-state index in [1.807, 2.05) is 25.1 Å². The zero-order valence-electron chi connectivity index (χ0n) is 11.1. The summed E-state index contributed by atoms with van der Waals surface area (Å²) in [5.74, 6) is 1.42. The third-order valence-corrected chi connectivity index (χ3v) is 3.69. The first-order valence-corrected chi connectivity index (χ1v) is 6.12. The minimum Gasteiger partial charge on any atom is -0.493 e. The van der Waals surface area contributed by atoms with Crippen molar-refractivity contribution in [3.63, 3.8) is 0 Å². The zero-order valence-corrected chi connectivity index (χ0v) is 11.1. The van der Waals surface area contributed by atoms with Crippen molar-refractivity contribution in [2.24, 2.45) is 5.92 Å². The fraction of sp³-hybridized carbons (Fsp3) is 0.571. The molecule has 2 atom stereocenters. The average Bonchev–Trinajstić information content (AvgIpc) is 2.92. The second kappa shape index (κ2) is 5.16. The Kier molecular flexibility index (Phi) is 3.78. The summed E-state index contributed by atoms with van der Waals surface area (Å²) in [6.45, 7) is 3.14. The Bertz CT molecular complexity index is 408. The van der Waals surface area contributed by atoms with Crippen molar-refractivity contribution in [2.45, 2.75) is 18.9 Å². The predicted octanol–water partition coefficient (Wildman–Crippen LogP) is 1.95. The van der Waals surface area contributed by atoms with E-state index in [9.17, 15) is 5.11 Å². The molecule has 1 aromatic rings. The maximum atomic E-state index is 10.7. The molecule has 1 saturated heterocycles. The molecule has 1 heterocycles. The van der Waals surface area contributed by atoms with Crippen LogP contribution in [-0.4, -0.2) is 32.5 Å². The van der Waals surface area contributed by atoms with Crippen LogP contribution in [0.5, 0.6) is 11.5 Å². The van der Waals surface area contributed by atoms with Crippen molar-refractivity contribution < 1.29 is 19.3 Å². The van der Waals surface area contributed by atoms with Crippen LogP contribution in [0.4, 0.5) is 0 Å². The summed E-state index contributed by atoms with van der Waals surface area (Å²) >= 11 is 0. The SMILES string of the molecule is COc1ccc(C(C)(O)C2CCOC2)cc1OC. The number of aliphatic hydroxyl groups is 1. The lowest BCUT2D eigenvalue weighted by Gasteiger charge is -2.30. The molecule has 4 nitrogen and oxygen atoms in total. The van der Waals surface area contributed by atoms with E-state index in [1.54, 1.807) is 14.2 Å². The molecule has 0 bridgehead atoms. The van der Waals surface area contributed by atoms with Crippen molar-refractivity contribution in [3.05, 3.63) is 23.8 Å². The lowest BCUT2D eigenvalue weighted by Crippen LogP contribution is -2.32. The Morgan fingerprint density at radius 2 is 2.00 bits per heavy atom. The number of benzene rings is 1. The summed E-state index contributed by atoms with van der Waals surface area (Å²) < 4.78 is 15.8. The molecule has 18 heavy (non-hydrogen) atoms. The average molecular weight is 252 g/mol. The number of methoxy groups -OCH3 is 2. The van der Waals surface area contributed by atoms with Crippen LogP contribution in [0, 0.1) is 5.92 Å². The normalized spacial score (nSPS) is 22.6. The van der Waals surface area contributed by atoms with Crippen LogP contribution in [0.2, 0.25) is 0 Å². The van der Waals surface area contributed by atoms with Crippen molar-refractivity contribution in [2.75, 3.05) is 27.4 Å². The van der Waals surface area contributed by atoms with Crippen LogP contribution >= 0.6 is 0 Å². The van der Waals surface area contributed by atoms with E-state index < -0.39 is 5.60 Å². The van der Waals surface area contributed by atoms with E-state index in [0.29, 0.717) is 24.7 Å². The highest BCUT2D eigenvalue weighted by atomic mass is 16.5. The largest absolute Gasteiger partial charge is 0.493 e. The molecule has 2 unspecified atom stereocenters. The highest BCUT2D eigenvalue weighted by Crippen LogP contribution is 2.38. The molecule has 0 radical (unpaired) electrons. The van der Waals surface area contributed by atoms with E-state index >= 15 is 0 Å². The highest BCUT2D eigenvalue weighted by molar-refractivity contribution is 5.44. The fourth-order valence-electron chi connectivity index (χ4n) is 2.36. The Morgan fingerprint density at radius 1 is 1.28 bits per heavy atom. The third-order valence-electron chi connectivity index (χ3n) is 3.69. The number of hydrogen-bond donors (Lipinski definition) is 1. The maximum absolute atomic E-state index is 10.7. The molecule has 0 spiro atoms. The van der Waals surface area contributed by atoms with Crippen LogP contribution in [0.3, 0.4) is 0 Å². The van der Waals surface area contributed by atoms with Crippen LogP contribution in [0.1, 0.15) is 18.9 Å². The first kappa shape index (κ1) is 13.2. The van der Waals surface area contributed by atoms with Gasteiger partial charge in [0.15, 0.2) is 11.5 Å². The first-order chi connectivity index (χ1) is 8.59. The number of rotatable bonds is 4. The van der Waals surface area contributed by atoms with E-state index in [2.05, 4.69) is 0 Å². The molecule has 1 aromatic carbocycles. The summed E-state index contributed by atoms with van der Waals surface area (Å²) in [6, 6.07) is 5.52. The molecule has 0 amide bonds. The first-order valence-electron chi connectivity index (χ1n) is 6.12. The molecule has 1 aliphatic rings. The molecule has 0 aromatic heterocycles. The van der Waals surface area contributed by atoms with Gasteiger partial charge in [-0.2, -0.15) is 0 Å². The summed E-state index contributed by atoms with van der Waals surface area (Å²) in [4.78, 5) is 0. The summed E-state index contributed by atoms with van der Waals surface area (Å²) in [5, 5.41) is 10.7. The molecule has 1 N–H and O–H groups in total. The van der Waals surface area contributed by atoms with Gasteiger partial charge < -0.3 is 19.3 Å². The van der Waals surface area contributed by atoms with Gasteiger partial charge in [-0.1, -0.05) is 6.07 Å². The maximum Gasteiger partial charge on any atom is 0.161 e. The molecule has 2 rings (SSSR count). The van der Waals surface area contributed by atoms with Gasteiger partial charge in [-0.05, 0) is 31.0 Å². The van der Waals surface area contributed by atoms with Crippen molar-refractivity contribution in [1.82, 2.24) is 0 Å². The van der Waals surface area contributed by atoms with Crippen molar-refractivity contribution in [1.29, 1.82) is 0 Å². The van der Waals surface area contributed by atoms with Crippen molar-refractivity contribution in [3.8, 4) is 11.5 Å². The van der Waals surface area contributed by atoms with Gasteiger partial charge in [0.2, 0.25) is 0 Å². The summed E-state index contributed by atoms with van der Waals surface area (Å²) in [6.07, 6.45) is 0.876. The molecule has 0 saturated carbocycles. The number of hydrogen-bond acceptors (Lipinski definition) is 4. The number of ether oxygens (including phenoxy) is 3. The van der Waals surface area contributed by atoms with Gasteiger partial charge in [0.25, 0.3) is 0 Å². The standard InChI is InChI=1S/C14H20O4/c1-14(15,11-6-7-18-9-11)10-4-5-12(16-2)13(8-10)17-3/h4-5,8,11,15H,6-7,9H2,1-3H3. The topological polar surface area (TPSA) is 47.9 Å². The van der Waals surface area contributed by atoms with Gasteiger partial charge in [-0.25, -0.2) is 0 Å². The quantitative estimate of drug-likeness (QED) is 0.889. The highest BCUT2D eigenvalue weighted by Gasteiger charge is 2.36. The molecular weight excluding hydrogens is 232 g/mol. The molecule has 1 aliphatic heterocycles. The lowest BCUT2D eigenvalue weighted by atomic mass is 9.82. The molecule has 100 valence electrons. The van der Waals surface area contributed by atoms with Crippen LogP contribution in [0.15, 0.2) is 18.2 Å². The third kappa shape index (κ3) is 2.31. The minimum atomic E-state index is -0.907. The Morgan fingerprint density at radius 3 is 2.56 bits per heavy atom. The Labute approximate surface area is 107 Å². The van der Waals surface area contributed by atoms with Gasteiger partial charge in [0.1, 0.15) is 0 Å². The van der Waals surface area contributed by atoms with Gasteiger partial charge in [-0.15, -0.1) is 0 Å². The summed E-state index contributed by atoms with van der Waals surface area (Å²) in [7, 11) is 3.19. The lowest BCUT2D eigenvalue weighted by molar-refractivity contribution is -0.00989. The molecule has 4 heteroatoms. The second-order valence-electron chi connectivity index (χ2n) is 4.78. The Hall–Kier alpha value is -1.26. The fourth-order valence-corrected chi connectivity index (χ4v) is 2.36. The molecule has 1 fully saturated rings. The van der Waals surface area contributed by atoms with E-state index in [1.165, 1.54) is 0 Å². The molecule has 0 aliphatic carbocycles. The van der Waals surface area contributed by atoms with E-state index in [0.717, 1.165) is 12.0 Å². The van der Waals surface area contributed by atoms with Crippen LogP contribution < -0.4 is 9.47 Å². The zero-order chi connectivity index (χ0) is 13.2. The van der Waals surface area contributed by atoms with E-state index in [-0.39, 0.29) is 5.92 Å². The minimum absolute atomic E-state index is 0.121. The summed E-state index contributed by atoms with van der Waals surface area (Å²) in [5.41, 5.74) is -0.0774. The Balaban J connectivity index is 2.31. The predicted molar refractivity (Wildman–Crippen MR) is 68.0 cm³/mol. The van der Waals surface area contributed by atoms with Gasteiger partial charge in [0.05, 0.1) is 26.4 Å². The van der Waals surface area contributed by atoms with Gasteiger partial charge in [0, 0.05) is 12.5 Å². The molecular formula is C14H20O4. The second-order valence-corrected chi connectivity index (χ2v) is 4.78. The van der Waals surface area contributed by atoms with E-state index in [4.69, 9.17) is 14.2 Å². The monoisotopic (exact) mass is 252 g/mol. The smallest absolute Gasteiger partial charge is 0.161 e. The van der Waals surface area contributed by atoms with Crippen LogP contribution in [0.25, 0.3) is 0 Å². The van der Waals surface area contributed by atoms with Gasteiger partial charge in [-0.3, -0.25) is 0 Å². The van der Waals surface area contributed by atoms with Crippen molar-refractivity contribution >= 4 is 0 Å². The van der Waals surface area contributed by atoms with Gasteiger partial charge >= 0.3 is 0 Å². The van der Waals surface area contributed by atoms with Crippen LogP contribution in [-0.2, 0) is 10.3 Å².